The lowest BCUT2D eigenvalue weighted by atomic mass is 10.1. The molecule has 3 nitrogen and oxygen atoms in total. The average Bonchev–Trinajstić information content (AvgIpc) is 2.71. The molecule has 0 bridgehead atoms. The first-order chi connectivity index (χ1) is 7.70. The molecule has 0 spiro atoms. The number of nitrogens with two attached hydrogens (primary N) is 1. The van der Waals surface area contributed by atoms with Gasteiger partial charge in [-0.25, -0.2) is 4.39 Å². The van der Waals surface area contributed by atoms with Gasteiger partial charge in [0.25, 0.3) is 0 Å². The van der Waals surface area contributed by atoms with E-state index in [-0.39, 0.29) is 5.82 Å². The van der Waals surface area contributed by atoms with Gasteiger partial charge in [-0.3, -0.25) is 0 Å². The van der Waals surface area contributed by atoms with Crippen LogP contribution in [0.2, 0.25) is 5.02 Å². The van der Waals surface area contributed by atoms with Crippen molar-refractivity contribution in [2.24, 2.45) is 5.73 Å². The second-order valence-corrected chi connectivity index (χ2v) is 3.78. The molecule has 0 aliphatic carbocycles. The molecule has 0 saturated heterocycles. The summed E-state index contributed by atoms with van der Waals surface area (Å²) in [6, 6.07) is 5.95. The Kier molecular flexibility index (Phi) is 3.22. The molecule has 0 unspecified atom stereocenters. The van der Waals surface area contributed by atoms with E-state index in [1.807, 2.05) is 0 Å². The van der Waals surface area contributed by atoms with E-state index in [2.05, 4.69) is 5.16 Å². The van der Waals surface area contributed by atoms with Crippen LogP contribution in [-0.2, 0) is 6.42 Å². The first-order valence-electron chi connectivity index (χ1n) is 4.82. The van der Waals surface area contributed by atoms with Gasteiger partial charge in [0.05, 0.1) is 11.3 Å². The number of aromatic nitrogens is 1. The SMILES string of the molecule is NCCc1cc(-c2cc(Cl)ccc2F)on1. The number of halogens is 2. The molecule has 84 valence electrons. The predicted octanol–water partition coefficient (Wildman–Crippen LogP) is 2.64. The summed E-state index contributed by atoms with van der Waals surface area (Å²) in [7, 11) is 0. The Hall–Kier alpha value is -1.39. The maximum Gasteiger partial charge on any atom is 0.170 e. The molecule has 0 fully saturated rings. The Labute approximate surface area is 97.0 Å². The highest BCUT2D eigenvalue weighted by atomic mass is 35.5. The van der Waals surface area contributed by atoms with Crippen molar-refractivity contribution in [1.82, 2.24) is 5.16 Å². The minimum atomic E-state index is -0.389. The average molecular weight is 241 g/mol. The van der Waals surface area contributed by atoms with Gasteiger partial charge >= 0.3 is 0 Å². The van der Waals surface area contributed by atoms with E-state index in [9.17, 15) is 4.39 Å². The molecule has 0 radical (unpaired) electrons. The van der Waals surface area contributed by atoms with Crippen molar-refractivity contribution in [2.45, 2.75) is 6.42 Å². The second kappa shape index (κ2) is 4.63. The van der Waals surface area contributed by atoms with Crippen molar-refractivity contribution < 1.29 is 8.91 Å². The fourth-order valence-electron chi connectivity index (χ4n) is 1.39. The molecule has 0 atom stereocenters. The maximum atomic E-state index is 13.5. The number of benzene rings is 1. The lowest BCUT2D eigenvalue weighted by Crippen LogP contribution is -2.02. The standard InChI is InChI=1S/C11H10ClFN2O/c12-7-1-2-10(13)9(5-7)11-6-8(3-4-14)15-16-11/h1-2,5-6H,3-4,14H2. The molecule has 5 heteroatoms. The Bertz CT molecular complexity index is 498. The smallest absolute Gasteiger partial charge is 0.170 e. The lowest BCUT2D eigenvalue weighted by Gasteiger charge is -1.98. The van der Waals surface area contributed by atoms with Crippen LogP contribution in [-0.4, -0.2) is 11.7 Å². The Balaban J connectivity index is 2.38. The van der Waals surface area contributed by atoms with Crippen LogP contribution in [0, 0.1) is 5.82 Å². The van der Waals surface area contributed by atoms with Crippen molar-refractivity contribution in [1.29, 1.82) is 0 Å². The molecule has 2 rings (SSSR count). The molecule has 1 heterocycles. The molecule has 1 aromatic heterocycles. The van der Waals surface area contributed by atoms with Gasteiger partial charge in [0.15, 0.2) is 5.76 Å². The zero-order chi connectivity index (χ0) is 11.5. The third-order valence-corrected chi connectivity index (χ3v) is 2.39. The summed E-state index contributed by atoms with van der Waals surface area (Å²) in [4.78, 5) is 0. The van der Waals surface area contributed by atoms with Crippen LogP contribution in [0.5, 0.6) is 0 Å². The molecular weight excluding hydrogens is 231 g/mol. The lowest BCUT2D eigenvalue weighted by molar-refractivity contribution is 0.421. The molecule has 1 aromatic carbocycles. The van der Waals surface area contributed by atoms with Gasteiger partial charge in [-0.15, -0.1) is 0 Å². The van der Waals surface area contributed by atoms with Crippen LogP contribution >= 0.6 is 11.6 Å². The highest BCUT2D eigenvalue weighted by Crippen LogP contribution is 2.26. The van der Waals surface area contributed by atoms with E-state index in [4.69, 9.17) is 21.9 Å². The summed E-state index contributed by atoms with van der Waals surface area (Å²) in [5.41, 5.74) is 6.40. The summed E-state index contributed by atoms with van der Waals surface area (Å²) < 4.78 is 18.5. The quantitative estimate of drug-likeness (QED) is 0.897. The van der Waals surface area contributed by atoms with E-state index in [1.54, 1.807) is 6.07 Å². The topological polar surface area (TPSA) is 52.0 Å². The van der Waals surface area contributed by atoms with Crippen LogP contribution in [0.1, 0.15) is 5.69 Å². The minimum absolute atomic E-state index is 0.309. The van der Waals surface area contributed by atoms with Crippen molar-refractivity contribution in [3.05, 3.63) is 40.8 Å². The van der Waals surface area contributed by atoms with Crippen LogP contribution in [0.4, 0.5) is 4.39 Å². The van der Waals surface area contributed by atoms with Crippen molar-refractivity contribution in [2.75, 3.05) is 6.54 Å². The third-order valence-electron chi connectivity index (χ3n) is 2.15. The van der Waals surface area contributed by atoms with Gasteiger partial charge in [0.2, 0.25) is 0 Å². The Morgan fingerprint density at radius 1 is 1.38 bits per heavy atom. The van der Waals surface area contributed by atoms with Crippen molar-refractivity contribution in [3.63, 3.8) is 0 Å². The summed E-state index contributed by atoms with van der Waals surface area (Å²) in [5.74, 6) is -0.0247. The number of hydrogen-bond donors (Lipinski definition) is 1. The number of hydrogen-bond acceptors (Lipinski definition) is 3. The largest absolute Gasteiger partial charge is 0.356 e. The van der Waals surface area contributed by atoms with Gasteiger partial charge in [0.1, 0.15) is 5.82 Å². The summed E-state index contributed by atoms with van der Waals surface area (Å²) in [6.07, 6.45) is 0.603. The summed E-state index contributed by atoms with van der Waals surface area (Å²) in [5, 5.41) is 4.24. The predicted molar refractivity (Wildman–Crippen MR) is 59.7 cm³/mol. The number of rotatable bonds is 3. The Morgan fingerprint density at radius 3 is 2.94 bits per heavy atom. The van der Waals surface area contributed by atoms with Gasteiger partial charge in [-0.2, -0.15) is 0 Å². The normalized spacial score (nSPS) is 10.7. The van der Waals surface area contributed by atoms with E-state index < -0.39 is 0 Å². The molecule has 16 heavy (non-hydrogen) atoms. The highest BCUT2D eigenvalue weighted by Gasteiger charge is 2.11. The third kappa shape index (κ3) is 2.23. The zero-order valence-electron chi connectivity index (χ0n) is 8.41. The van der Waals surface area contributed by atoms with Gasteiger partial charge in [-0.05, 0) is 24.7 Å². The molecule has 2 aromatic rings. The van der Waals surface area contributed by atoms with Gasteiger partial charge in [-0.1, -0.05) is 16.8 Å². The minimum Gasteiger partial charge on any atom is -0.356 e. The monoisotopic (exact) mass is 240 g/mol. The zero-order valence-corrected chi connectivity index (χ0v) is 9.17. The van der Waals surface area contributed by atoms with E-state index in [1.165, 1.54) is 18.2 Å². The van der Waals surface area contributed by atoms with Crippen LogP contribution in [0.15, 0.2) is 28.8 Å². The highest BCUT2D eigenvalue weighted by molar-refractivity contribution is 6.30. The second-order valence-electron chi connectivity index (χ2n) is 3.35. The summed E-state index contributed by atoms with van der Waals surface area (Å²) >= 11 is 5.79. The molecule has 0 aliphatic rings. The molecule has 0 saturated carbocycles. The Morgan fingerprint density at radius 2 is 2.19 bits per heavy atom. The van der Waals surface area contributed by atoms with Crippen molar-refractivity contribution >= 4 is 11.6 Å². The van der Waals surface area contributed by atoms with Crippen LogP contribution < -0.4 is 5.73 Å². The van der Waals surface area contributed by atoms with Crippen LogP contribution in [0.3, 0.4) is 0 Å². The first kappa shape index (κ1) is 11.1. The fraction of sp³-hybridized carbons (Fsp3) is 0.182. The molecule has 2 N–H and O–H groups in total. The van der Waals surface area contributed by atoms with Crippen LogP contribution in [0.25, 0.3) is 11.3 Å². The molecule has 0 amide bonds. The maximum absolute atomic E-state index is 13.5. The first-order valence-corrected chi connectivity index (χ1v) is 5.19. The molecular formula is C11H10ClFN2O. The van der Waals surface area contributed by atoms with Gasteiger partial charge < -0.3 is 10.3 Å². The van der Waals surface area contributed by atoms with Gasteiger partial charge in [0, 0.05) is 17.5 Å². The molecule has 0 aliphatic heterocycles. The van der Waals surface area contributed by atoms with E-state index in [0.29, 0.717) is 35.0 Å². The number of nitrogens with zero attached hydrogens (tertiary/aromatic N) is 1. The summed E-state index contributed by atoms with van der Waals surface area (Å²) in [6.45, 7) is 0.476. The fourth-order valence-corrected chi connectivity index (χ4v) is 1.56. The van der Waals surface area contributed by atoms with E-state index in [0.717, 1.165) is 0 Å². The van der Waals surface area contributed by atoms with Crippen molar-refractivity contribution in [3.8, 4) is 11.3 Å². The van der Waals surface area contributed by atoms with E-state index >= 15 is 0 Å².